The molecule has 0 saturated heterocycles. The van der Waals surface area contributed by atoms with E-state index in [1.807, 2.05) is 36.4 Å². The van der Waals surface area contributed by atoms with E-state index < -0.39 is 0 Å². The molecule has 0 fully saturated rings. The third kappa shape index (κ3) is 2.89. The molecule has 4 heteroatoms. The number of amides is 1. The van der Waals surface area contributed by atoms with Crippen LogP contribution in [0.5, 0.6) is 0 Å². The molecular weight excluding hydrogens is 294 g/mol. The van der Waals surface area contributed by atoms with Crippen molar-refractivity contribution < 1.29 is 9.53 Å². The van der Waals surface area contributed by atoms with Crippen molar-refractivity contribution in [2.24, 2.45) is 0 Å². The first-order chi connectivity index (χ1) is 8.72. The van der Waals surface area contributed by atoms with E-state index in [0.717, 1.165) is 20.9 Å². The lowest BCUT2D eigenvalue weighted by Gasteiger charge is -2.09. The quantitative estimate of drug-likeness (QED) is 0.937. The third-order valence-electron chi connectivity index (χ3n) is 2.68. The molecule has 0 radical (unpaired) electrons. The van der Waals surface area contributed by atoms with Crippen LogP contribution >= 0.6 is 15.9 Å². The molecule has 1 N–H and O–H groups in total. The SMILES string of the molecule is COCCC(=O)Nc1ccc(Br)c2ccccc12. The standard InChI is InChI=1S/C14H14BrNO2/c1-18-9-8-14(17)16-13-7-6-12(15)10-4-2-3-5-11(10)13/h2-7H,8-9H2,1H3,(H,16,17). The zero-order chi connectivity index (χ0) is 13.0. The Morgan fingerprint density at radius 3 is 2.67 bits per heavy atom. The predicted molar refractivity (Wildman–Crippen MR) is 76.8 cm³/mol. The van der Waals surface area contributed by atoms with Crippen LogP contribution in [0, 0.1) is 0 Å². The minimum Gasteiger partial charge on any atom is -0.384 e. The first-order valence-corrected chi connectivity index (χ1v) is 6.47. The molecule has 3 nitrogen and oxygen atoms in total. The Kier molecular flexibility index (Phi) is 4.33. The second-order valence-electron chi connectivity index (χ2n) is 3.93. The summed E-state index contributed by atoms with van der Waals surface area (Å²) >= 11 is 3.51. The number of anilines is 1. The summed E-state index contributed by atoms with van der Waals surface area (Å²) in [6.45, 7) is 0.431. The maximum absolute atomic E-state index is 11.7. The van der Waals surface area contributed by atoms with E-state index in [0.29, 0.717) is 13.0 Å². The first kappa shape index (κ1) is 13.1. The number of carbonyl (C=O) groups is 1. The van der Waals surface area contributed by atoms with E-state index in [9.17, 15) is 4.79 Å². The minimum atomic E-state index is -0.0377. The largest absolute Gasteiger partial charge is 0.384 e. The molecule has 0 atom stereocenters. The van der Waals surface area contributed by atoms with E-state index in [2.05, 4.69) is 21.2 Å². The summed E-state index contributed by atoms with van der Waals surface area (Å²) in [7, 11) is 1.59. The lowest BCUT2D eigenvalue weighted by molar-refractivity contribution is -0.117. The molecule has 0 spiro atoms. The average Bonchev–Trinajstić information content (AvgIpc) is 2.40. The number of fused-ring (bicyclic) bond motifs is 1. The number of hydrogen-bond acceptors (Lipinski definition) is 2. The molecule has 1 amide bonds. The van der Waals surface area contributed by atoms with Gasteiger partial charge in [-0.2, -0.15) is 0 Å². The molecular formula is C14H14BrNO2. The molecule has 0 aliphatic carbocycles. The second-order valence-corrected chi connectivity index (χ2v) is 4.79. The molecule has 0 unspecified atom stereocenters. The number of halogens is 1. The van der Waals surface area contributed by atoms with Gasteiger partial charge in [-0.05, 0) is 17.5 Å². The Balaban J connectivity index is 2.29. The van der Waals surface area contributed by atoms with Crippen LogP contribution in [0.25, 0.3) is 10.8 Å². The number of methoxy groups -OCH3 is 1. The molecule has 94 valence electrons. The van der Waals surface area contributed by atoms with Crippen LogP contribution in [-0.4, -0.2) is 19.6 Å². The first-order valence-electron chi connectivity index (χ1n) is 5.68. The Morgan fingerprint density at radius 2 is 1.94 bits per heavy atom. The van der Waals surface area contributed by atoms with Crippen molar-refractivity contribution in [1.29, 1.82) is 0 Å². The summed E-state index contributed by atoms with van der Waals surface area (Å²) < 4.78 is 5.91. The molecule has 2 aromatic carbocycles. The van der Waals surface area contributed by atoms with Gasteiger partial charge in [0, 0.05) is 22.7 Å². The molecule has 0 aromatic heterocycles. The van der Waals surface area contributed by atoms with Crippen molar-refractivity contribution in [3.05, 3.63) is 40.9 Å². The molecule has 18 heavy (non-hydrogen) atoms. The van der Waals surface area contributed by atoms with Gasteiger partial charge in [0.05, 0.1) is 13.0 Å². The number of hydrogen-bond donors (Lipinski definition) is 1. The van der Waals surface area contributed by atoms with Gasteiger partial charge in [-0.3, -0.25) is 4.79 Å². The van der Waals surface area contributed by atoms with Crippen LogP contribution in [0.1, 0.15) is 6.42 Å². The van der Waals surface area contributed by atoms with Gasteiger partial charge in [-0.1, -0.05) is 40.2 Å². The highest BCUT2D eigenvalue weighted by Gasteiger charge is 2.07. The van der Waals surface area contributed by atoms with E-state index >= 15 is 0 Å². The normalized spacial score (nSPS) is 10.6. The van der Waals surface area contributed by atoms with Crippen molar-refractivity contribution in [3.8, 4) is 0 Å². The summed E-state index contributed by atoms with van der Waals surface area (Å²) in [5, 5.41) is 5.02. The monoisotopic (exact) mass is 307 g/mol. The van der Waals surface area contributed by atoms with Gasteiger partial charge in [0.2, 0.25) is 5.91 Å². The zero-order valence-electron chi connectivity index (χ0n) is 10.1. The fourth-order valence-electron chi connectivity index (χ4n) is 1.78. The van der Waals surface area contributed by atoms with Crippen LogP contribution < -0.4 is 5.32 Å². The molecule has 0 aliphatic rings. The van der Waals surface area contributed by atoms with Gasteiger partial charge in [0.1, 0.15) is 0 Å². The summed E-state index contributed by atoms with van der Waals surface area (Å²) in [6.07, 6.45) is 0.362. The van der Waals surface area contributed by atoms with E-state index in [1.54, 1.807) is 7.11 Å². The van der Waals surface area contributed by atoms with Gasteiger partial charge in [-0.15, -0.1) is 0 Å². The summed E-state index contributed by atoms with van der Waals surface area (Å²) in [6, 6.07) is 11.8. The Labute approximate surface area is 114 Å². The van der Waals surface area contributed by atoms with Gasteiger partial charge in [0.15, 0.2) is 0 Å². The summed E-state index contributed by atoms with van der Waals surface area (Å²) in [5.74, 6) is -0.0377. The highest BCUT2D eigenvalue weighted by molar-refractivity contribution is 9.10. The number of carbonyl (C=O) groups excluding carboxylic acids is 1. The second kappa shape index (κ2) is 5.98. The van der Waals surface area contributed by atoms with E-state index in [1.165, 1.54) is 0 Å². The molecule has 0 aliphatic heterocycles. The Hall–Kier alpha value is -1.39. The van der Waals surface area contributed by atoms with Gasteiger partial charge in [0.25, 0.3) is 0 Å². The van der Waals surface area contributed by atoms with Gasteiger partial charge >= 0.3 is 0 Å². The van der Waals surface area contributed by atoms with Gasteiger partial charge in [-0.25, -0.2) is 0 Å². The lowest BCUT2D eigenvalue weighted by atomic mass is 10.1. The lowest BCUT2D eigenvalue weighted by Crippen LogP contribution is -2.13. The van der Waals surface area contributed by atoms with Crippen LogP contribution in [0.15, 0.2) is 40.9 Å². The summed E-state index contributed by atoms with van der Waals surface area (Å²) in [4.78, 5) is 11.7. The number of ether oxygens (including phenoxy) is 1. The fraction of sp³-hybridized carbons (Fsp3) is 0.214. The Bertz CT molecular complexity index is 569. The maximum atomic E-state index is 11.7. The molecule has 0 heterocycles. The highest BCUT2D eigenvalue weighted by atomic mass is 79.9. The topological polar surface area (TPSA) is 38.3 Å². The molecule has 2 aromatic rings. The number of rotatable bonds is 4. The van der Waals surface area contributed by atoms with Crippen molar-refractivity contribution in [1.82, 2.24) is 0 Å². The Morgan fingerprint density at radius 1 is 1.22 bits per heavy atom. The highest BCUT2D eigenvalue weighted by Crippen LogP contribution is 2.29. The van der Waals surface area contributed by atoms with Crippen LogP contribution in [0.4, 0.5) is 5.69 Å². The van der Waals surface area contributed by atoms with Gasteiger partial charge < -0.3 is 10.1 Å². The fourth-order valence-corrected chi connectivity index (χ4v) is 2.26. The molecule has 0 bridgehead atoms. The van der Waals surface area contributed by atoms with E-state index in [-0.39, 0.29) is 5.91 Å². The predicted octanol–water partition coefficient (Wildman–Crippen LogP) is 3.58. The molecule has 0 saturated carbocycles. The number of nitrogens with one attached hydrogen (secondary N) is 1. The smallest absolute Gasteiger partial charge is 0.226 e. The van der Waals surface area contributed by atoms with Crippen molar-refractivity contribution in [2.75, 3.05) is 19.0 Å². The van der Waals surface area contributed by atoms with Crippen molar-refractivity contribution in [3.63, 3.8) is 0 Å². The van der Waals surface area contributed by atoms with Crippen LogP contribution in [-0.2, 0) is 9.53 Å². The summed E-state index contributed by atoms with van der Waals surface area (Å²) in [5.41, 5.74) is 0.829. The minimum absolute atomic E-state index is 0.0377. The third-order valence-corrected chi connectivity index (χ3v) is 3.37. The van der Waals surface area contributed by atoms with Crippen molar-refractivity contribution >= 4 is 38.3 Å². The van der Waals surface area contributed by atoms with Crippen molar-refractivity contribution in [2.45, 2.75) is 6.42 Å². The van der Waals surface area contributed by atoms with Crippen LogP contribution in [0.2, 0.25) is 0 Å². The number of benzene rings is 2. The zero-order valence-corrected chi connectivity index (χ0v) is 11.7. The van der Waals surface area contributed by atoms with Crippen LogP contribution in [0.3, 0.4) is 0 Å². The molecule has 2 rings (SSSR count). The van der Waals surface area contributed by atoms with E-state index in [4.69, 9.17) is 4.74 Å². The average molecular weight is 308 g/mol. The maximum Gasteiger partial charge on any atom is 0.226 e.